The monoisotopic (exact) mass is 447 g/mol. The molecule has 1 aromatic carbocycles. The fourth-order valence-corrected chi connectivity index (χ4v) is 5.37. The van der Waals surface area contributed by atoms with E-state index in [1.165, 1.54) is 54.5 Å². The number of ketones is 1. The molecule has 7 nitrogen and oxygen atoms in total. The second-order valence-corrected chi connectivity index (χ2v) is 9.43. The maximum atomic E-state index is 11.5. The number of nitrogens with one attached hydrogen (secondary N) is 1. The molecule has 1 aliphatic carbocycles. The number of rotatable bonds is 8. The Labute approximate surface area is 194 Å². The molecule has 1 saturated heterocycles. The molecule has 0 atom stereocenters. The predicted octanol–water partition coefficient (Wildman–Crippen LogP) is 3.73. The molecule has 0 bridgehead atoms. The SMILES string of the molecule is O=C(CO)c1cnc(N2CCC(CNCc3cn(C4CCCC4)c4ccccc34)CC2)nc1. The van der Waals surface area contributed by atoms with Crippen LogP contribution in [0.2, 0.25) is 0 Å². The van der Waals surface area contributed by atoms with Gasteiger partial charge >= 0.3 is 0 Å². The maximum absolute atomic E-state index is 11.5. The van der Waals surface area contributed by atoms with Crippen LogP contribution < -0.4 is 10.2 Å². The predicted molar refractivity (Wildman–Crippen MR) is 130 cm³/mol. The molecule has 3 aromatic rings. The van der Waals surface area contributed by atoms with Crippen molar-refractivity contribution in [1.82, 2.24) is 19.9 Å². The Morgan fingerprint density at radius 3 is 2.52 bits per heavy atom. The number of benzene rings is 1. The van der Waals surface area contributed by atoms with Crippen LogP contribution in [0.15, 0.2) is 42.9 Å². The van der Waals surface area contributed by atoms with Gasteiger partial charge in [-0.2, -0.15) is 0 Å². The van der Waals surface area contributed by atoms with Crippen molar-refractivity contribution in [2.45, 2.75) is 51.1 Å². The van der Waals surface area contributed by atoms with Gasteiger partial charge in [0.2, 0.25) is 5.95 Å². The average molecular weight is 448 g/mol. The Morgan fingerprint density at radius 1 is 1.06 bits per heavy atom. The van der Waals surface area contributed by atoms with E-state index in [1.807, 2.05) is 0 Å². The van der Waals surface area contributed by atoms with Crippen molar-refractivity contribution < 1.29 is 9.90 Å². The molecule has 0 amide bonds. The van der Waals surface area contributed by atoms with Gasteiger partial charge < -0.3 is 19.9 Å². The van der Waals surface area contributed by atoms with Crippen LogP contribution in [0.25, 0.3) is 10.9 Å². The minimum absolute atomic E-state index is 0.349. The molecule has 0 radical (unpaired) electrons. The molecule has 33 heavy (non-hydrogen) atoms. The minimum Gasteiger partial charge on any atom is -0.388 e. The summed E-state index contributed by atoms with van der Waals surface area (Å²) in [5, 5.41) is 14.1. The topological polar surface area (TPSA) is 83.3 Å². The van der Waals surface area contributed by atoms with Crippen LogP contribution >= 0.6 is 0 Å². The third kappa shape index (κ3) is 4.80. The highest BCUT2D eigenvalue weighted by atomic mass is 16.3. The molecule has 3 heterocycles. The van der Waals surface area contributed by atoms with Crippen molar-refractivity contribution in [3.8, 4) is 0 Å². The van der Waals surface area contributed by atoms with Crippen molar-refractivity contribution in [2.75, 3.05) is 31.1 Å². The van der Waals surface area contributed by atoms with Crippen LogP contribution in [-0.4, -0.2) is 51.7 Å². The highest BCUT2D eigenvalue weighted by Gasteiger charge is 2.22. The van der Waals surface area contributed by atoms with Gasteiger partial charge in [0.15, 0.2) is 5.78 Å². The van der Waals surface area contributed by atoms with Crippen LogP contribution in [0, 0.1) is 5.92 Å². The first kappa shape index (κ1) is 22.0. The molecule has 0 unspecified atom stereocenters. The van der Waals surface area contributed by atoms with Gasteiger partial charge in [0.05, 0.1) is 5.56 Å². The highest BCUT2D eigenvalue weighted by Crippen LogP contribution is 2.34. The zero-order valence-electron chi connectivity index (χ0n) is 19.1. The summed E-state index contributed by atoms with van der Waals surface area (Å²) in [5.74, 6) is 0.952. The van der Waals surface area contributed by atoms with Gasteiger partial charge in [-0.1, -0.05) is 31.0 Å². The number of hydrogen-bond donors (Lipinski definition) is 2. The number of carbonyl (C=O) groups excluding carboxylic acids is 1. The summed E-state index contributed by atoms with van der Waals surface area (Å²) in [6.45, 7) is 3.24. The van der Waals surface area contributed by atoms with Crippen molar-refractivity contribution in [2.24, 2.45) is 5.92 Å². The summed E-state index contributed by atoms with van der Waals surface area (Å²) in [4.78, 5) is 22.4. The van der Waals surface area contributed by atoms with Gasteiger partial charge in [0.1, 0.15) is 6.61 Å². The molecule has 2 aromatic heterocycles. The number of Topliss-reactive ketones (excluding diaryl/α,β-unsaturated/α-hetero) is 1. The zero-order chi connectivity index (χ0) is 22.6. The van der Waals surface area contributed by atoms with Crippen LogP contribution in [-0.2, 0) is 6.54 Å². The molecule has 7 heteroatoms. The average Bonchev–Trinajstić information content (AvgIpc) is 3.53. The smallest absolute Gasteiger partial charge is 0.225 e. The van der Waals surface area contributed by atoms with Crippen molar-refractivity contribution in [3.05, 3.63) is 54.0 Å². The number of para-hydroxylation sites is 1. The van der Waals surface area contributed by atoms with E-state index in [0.717, 1.165) is 39.0 Å². The summed E-state index contributed by atoms with van der Waals surface area (Å²) in [6, 6.07) is 9.48. The fraction of sp³-hybridized carbons (Fsp3) is 0.500. The van der Waals surface area contributed by atoms with Gasteiger partial charge in [0.25, 0.3) is 0 Å². The second-order valence-electron chi connectivity index (χ2n) is 9.43. The zero-order valence-corrected chi connectivity index (χ0v) is 19.1. The summed E-state index contributed by atoms with van der Waals surface area (Å²) in [7, 11) is 0. The number of nitrogens with zero attached hydrogens (tertiary/aromatic N) is 4. The number of hydrogen-bond acceptors (Lipinski definition) is 6. The molecule has 174 valence electrons. The minimum atomic E-state index is -0.512. The highest BCUT2D eigenvalue weighted by molar-refractivity contribution is 5.96. The second kappa shape index (κ2) is 10.0. The van der Waals surface area contributed by atoms with E-state index >= 15 is 0 Å². The molecule has 2 fully saturated rings. The molecule has 1 aliphatic heterocycles. The third-order valence-corrected chi connectivity index (χ3v) is 7.29. The molecule has 1 saturated carbocycles. The Kier molecular flexibility index (Phi) is 6.69. The van der Waals surface area contributed by atoms with Gasteiger partial charge in [-0.15, -0.1) is 0 Å². The van der Waals surface area contributed by atoms with E-state index in [2.05, 4.69) is 55.2 Å². The Bertz CT molecular complexity index is 1080. The number of carbonyl (C=O) groups is 1. The van der Waals surface area contributed by atoms with Crippen LogP contribution in [0.1, 0.15) is 60.5 Å². The van der Waals surface area contributed by atoms with Gasteiger partial charge in [-0.25, -0.2) is 9.97 Å². The summed E-state index contributed by atoms with van der Waals surface area (Å²) in [6.07, 6.45) is 12.9. The lowest BCUT2D eigenvalue weighted by atomic mass is 9.97. The summed E-state index contributed by atoms with van der Waals surface area (Å²) in [5.41, 5.74) is 3.14. The van der Waals surface area contributed by atoms with Crippen LogP contribution in [0.5, 0.6) is 0 Å². The third-order valence-electron chi connectivity index (χ3n) is 7.29. The largest absolute Gasteiger partial charge is 0.388 e. The quantitative estimate of drug-likeness (QED) is 0.512. The number of anilines is 1. The molecule has 2 N–H and O–H groups in total. The lowest BCUT2D eigenvalue weighted by Gasteiger charge is -2.32. The van der Waals surface area contributed by atoms with E-state index < -0.39 is 6.61 Å². The van der Waals surface area contributed by atoms with Crippen molar-refractivity contribution >= 4 is 22.6 Å². The van der Waals surface area contributed by atoms with Crippen molar-refractivity contribution in [3.63, 3.8) is 0 Å². The van der Waals surface area contributed by atoms with E-state index in [-0.39, 0.29) is 5.78 Å². The molecule has 2 aliphatic rings. The first-order valence-corrected chi connectivity index (χ1v) is 12.2. The number of fused-ring (bicyclic) bond motifs is 1. The number of aliphatic hydroxyl groups is 1. The normalized spacial score (nSPS) is 17.8. The van der Waals surface area contributed by atoms with Gasteiger partial charge in [-0.3, -0.25) is 4.79 Å². The fourth-order valence-electron chi connectivity index (χ4n) is 5.37. The van der Waals surface area contributed by atoms with Gasteiger partial charge in [0, 0.05) is 55.2 Å². The van der Waals surface area contributed by atoms with Gasteiger partial charge in [-0.05, 0) is 49.8 Å². The van der Waals surface area contributed by atoms with E-state index in [9.17, 15) is 4.79 Å². The molecular weight excluding hydrogens is 414 g/mol. The standard InChI is InChI=1S/C26H33N5O2/c32-18-25(33)20-15-28-26(29-16-20)30-11-9-19(10-12-30)13-27-14-21-17-31(22-5-1-2-6-22)24-8-4-3-7-23(21)24/h3-4,7-8,15-17,19,22,27,32H,1-2,5-6,9-14,18H2. The number of piperidine rings is 1. The first-order chi connectivity index (χ1) is 16.2. The molecule has 5 rings (SSSR count). The van der Waals surface area contributed by atoms with Crippen LogP contribution in [0.3, 0.4) is 0 Å². The summed E-state index contributed by atoms with van der Waals surface area (Å²) < 4.78 is 2.53. The molecule has 0 spiro atoms. The Hall–Kier alpha value is -2.77. The Balaban J connectivity index is 1.14. The summed E-state index contributed by atoms with van der Waals surface area (Å²) >= 11 is 0. The van der Waals surface area contributed by atoms with E-state index in [0.29, 0.717) is 23.5 Å². The Morgan fingerprint density at radius 2 is 1.79 bits per heavy atom. The number of aliphatic hydroxyl groups excluding tert-OH is 1. The van der Waals surface area contributed by atoms with E-state index in [4.69, 9.17) is 5.11 Å². The maximum Gasteiger partial charge on any atom is 0.225 e. The molecular formula is C26H33N5O2. The van der Waals surface area contributed by atoms with Crippen LogP contribution in [0.4, 0.5) is 5.95 Å². The van der Waals surface area contributed by atoms with E-state index in [1.54, 1.807) is 0 Å². The number of aromatic nitrogens is 3. The lowest BCUT2D eigenvalue weighted by Crippen LogP contribution is -2.38. The lowest BCUT2D eigenvalue weighted by molar-refractivity contribution is 0.0903. The first-order valence-electron chi connectivity index (χ1n) is 12.2. The van der Waals surface area contributed by atoms with Crippen molar-refractivity contribution in [1.29, 1.82) is 0 Å².